The van der Waals surface area contributed by atoms with Crippen LogP contribution in [-0.4, -0.2) is 37.8 Å². The van der Waals surface area contributed by atoms with E-state index >= 15 is 0 Å². The summed E-state index contributed by atoms with van der Waals surface area (Å²) in [6, 6.07) is 4.06. The maximum atomic E-state index is 11.5. The summed E-state index contributed by atoms with van der Waals surface area (Å²) in [6.07, 6.45) is 0.691. The molecule has 20 heavy (non-hydrogen) atoms. The van der Waals surface area contributed by atoms with Crippen molar-refractivity contribution in [2.24, 2.45) is 0 Å². The van der Waals surface area contributed by atoms with Crippen LogP contribution in [0.3, 0.4) is 0 Å². The number of benzene rings is 1. The number of nitro benzene ring substituents is 1. The molecule has 0 saturated heterocycles. The van der Waals surface area contributed by atoms with Gasteiger partial charge in [-0.1, -0.05) is 0 Å². The lowest BCUT2D eigenvalue weighted by atomic mass is 10.1. The molecule has 0 aromatic heterocycles. The molecular formula is C13H18N2O5. The third kappa shape index (κ3) is 4.20. The van der Waals surface area contributed by atoms with Crippen molar-refractivity contribution in [1.82, 2.24) is 0 Å². The summed E-state index contributed by atoms with van der Waals surface area (Å²) in [5, 5.41) is 14.0. The zero-order valence-corrected chi connectivity index (χ0v) is 11.7. The zero-order valence-electron chi connectivity index (χ0n) is 11.7. The second-order valence-corrected chi connectivity index (χ2v) is 4.31. The van der Waals surface area contributed by atoms with Gasteiger partial charge in [-0.25, -0.2) is 4.79 Å². The lowest BCUT2D eigenvalue weighted by Crippen LogP contribution is -2.18. The highest BCUT2D eigenvalue weighted by Gasteiger charge is 2.18. The number of nitrogens with one attached hydrogen (secondary N) is 1. The van der Waals surface area contributed by atoms with E-state index in [2.05, 4.69) is 10.1 Å². The Hall–Kier alpha value is -2.15. The molecule has 0 aliphatic carbocycles. The van der Waals surface area contributed by atoms with E-state index in [1.165, 1.54) is 25.3 Å². The second-order valence-electron chi connectivity index (χ2n) is 4.31. The fourth-order valence-corrected chi connectivity index (χ4v) is 1.69. The van der Waals surface area contributed by atoms with Gasteiger partial charge in [0.2, 0.25) is 0 Å². The van der Waals surface area contributed by atoms with E-state index in [-0.39, 0.29) is 17.3 Å². The number of hydrogen-bond acceptors (Lipinski definition) is 6. The normalized spacial score (nSPS) is 11.8. The molecule has 0 heterocycles. The molecule has 110 valence electrons. The Bertz CT molecular complexity index is 490. The number of ether oxygens (including phenoxy) is 2. The van der Waals surface area contributed by atoms with Gasteiger partial charge in [0.05, 0.1) is 17.6 Å². The van der Waals surface area contributed by atoms with Gasteiger partial charge >= 0.3 is 5.97 Å². The van der Waals surface area contributed by atoms with Gasteiger partial charge in [0.1, 0.15) is 5.69 Å². The van der Waals surface area contributed by atoms with Crippen LogP contribution in [0.15, 0.2) is 18.2 Å². The number of nitrogens with zero attached hydrogens (tertiary/aromatic N) is 1. The number of anilines is 1. The molecule has 0 radical (unpaired) electrons. The molecule has 1 unspecified atom stereocenters. The topological polar surface area (TPSA) is 90.7 Å². The lowest BCUT2D eigenvalue weighted by molar-refractivity contribution is -0.384. The number of rotatable bonds is 7. The van der Waals surface area contributed by atoms with Crippen LogP contribution >= 0.6 is 0 Å². The molecule has 0 saturated carbocycles. The molecule has 0 bridgehead atoms. The Morgan fingerprint density at radius 1 is 1.45 bits per heavy atom. The van der Waals surface area contributed by atoms with Crippen molar-refractivity contribution in [2.45, 2.75) is 19.4 Å². The standard InChI is InChI=1S/C13H18N2O5/c1-9(6-7-19-2)14-11-8-10(13(16)20-3)4-5-12(11)15(17)18/h4-5,8-9,14H,6-7H2,1-3H3. The van der Waals surface area contributed by atoms with Crippen molar-refractivity contribution in [3.8, 4) is 0 Å². The SMILES string of the molecule is COCCC(C)Nc1cc(C(=O)OC)ccc1[N+](=O)[O-]. The van der Waals surface area contributed by atoms with E-state index in [1.54, 1.807) is 7.11 Å². The van der Waals surface area contributed by atoms with Gasteiger partial charge in [-0.15, -0.1) is 0 Å². The maximum Gasteiger partial charge on any atom is 0.337 e. The van der Waals surface area contributed by atoms with Crippen LogP contribution in [0.4, 0.5) is 11.4 Å². The van der Waals surface area contributed by atoms with Gasteiger partial charge in [0, 0.05) is 25.8 Å². The van der Waals surface area contributed by atoms with Crippen LogP contribution in [0.2, 0.25) is 0 Å². The molecule has 1 atom stereocenters. The number of esters is 1. The largest absolute Gasteiger partial charge is 0.465 e. The van der Waals surface area contributed by atoms with Crippen LogP contribution in [0.5, 0.6) is 0 Å². The van der Waals surface area contributed by atoms with E-state index in [0.717, 1.165) is 0 Å². The van der Waals surface area contributed by atoms with Crippen LogP contribution < -0.4 is 5.32 Å². The van der Waals surface area contributed by atoms with Gasteiger partial charge in [-0.2, -0.15) is 0 Å². The molecule has 0 aliphatic rings. The molecule has 1 rings (SSSR count). The van der Waals surface area contributed by atoms with Crippen molar-refractivity contribution < 1.29 is 19.2 Å². The van der Waals surface area contributed by atoms with E-state index in [1.807, 2.05) is 6.92 Å². The maximum absolute atomic E-state index is 11.5. The first-order valence-corrected chi connectivity index (χ1v) is 6.11. The molecule has 7 nitrogen and oxygen atoms in total. The fraction of sp³-hybridized carbons (Fsp3) is 0.462. The smallest absolute Gasteiger partial charge is 0.337 e. The first-order chi connectivity index (χ1) is 9.49. The Morgan fingerprint density at radius 3 is 2.70 bits per heavy atom. The van der Waals surface area contributed by atoms with Crippen LogP contribution in [-0.2, 0) is 9.47 Å². The number of carbonyl (C=O) groups is 1. The minimum Gasteiger partial charge on any atom is -0.465 e. The average molecular weight is 282 g/mol. The van der Waals surface area contributed by atoms with E-state index in [4.69, 9.17) is 4.74 Å². The number of methoxy groups -OCH3 is 2. The van der Waals surface area contributed by atoms with E-state index in [0.29, 0.717) is 18.7 Å². The van der Waals surface area contributed by atoms with Gasteiger partial charge < -0.3 is 14.8 Å². The minimum atomic E-state index is -0.535. The van der Waals surface area contributed by atoms with Gasteiger partial charge in [-0.05, 0) is 25.5 Å². The first kappa shape index (κ1) is 15.9. The lowest BCUT2D eigenvalue weighted by Gasteiger charge is -2.15. The van der Waals surface area contributed by atoms with Crippen molar-refractivity contribution >= 4 is 17.3 Å². The van der Waals surface area contributed by atoms with E-state index in [9.17, 15) is 14.9 Å². The van der Waals surface area contributed by atoms with Gasteiger partial charge in [0.15, 0.2) is 0 Å². The summed E-state index contributed by atoms with van der Waals surface area (Å²) >= 11 is 0. The van der Waals surface area contributed by atoms with Crippen molar-refractivity contribution in [2.75, 3.05) is 26.1 Å². The molecule has 0 fully saturated rings. The van der Waals surface area contributed by atoms with Crippen molar-refractivity contribution in [1.29, 1.82) is 0 Å². The Balaban J connectivity index is 2.99. The van der Waals surface area contributed by atoms with Crippen LogP contribution in [0.1, 0.15) is 23.7 Å². The molecule has 1 aromatic carbocycles. The highest BCUT2D eigenvalue weighted by atomic mass is 16.6. The van der Waals surface area contributed by atoms with Crippen LogP contribution in [0, 0.1) is 10.1 Å². The number of carbonyl (C=O) groups excluding carboxylic acids is 1. The Kier molecular flexibility index (Phi) is 5.92. The van der Waals surface area contributed by atoms with E-state index < -0.39 is 10.9 Å². The monoisotopic (exact) mass is 282 g/mol. The highest BCUT2D eigenvalue weighted by molar-refractivity contribution is 5.91. The fourth-order valence-electron chi connectivity index (χ4n) is 1.69. The van der Waals surface area contributed by atoms with Gasteiger partial charge in [0.25, 0.3) is 5.69 Å². The molecule has 0 amide bonds. The molecule has 7 heteroatoms. The molecule has 1 aromatic rings. The average Bonchev–Trinajstić information content (AvgIpc) is 2.43. The zero-order chi connectivity index (χ0) is 15.1. The quantitative estimate of drug-likeness (QED) is 0.468. The third-order valence-corrected chi connectivity index (χ3v) is 2.77. The summed E-state index contributed by atoms with van der Waals surface area (Å²) in [5.41, 5.74) is 0.475. The summed E-state index contributed by atoms with van der Waals surface area (Å²) < 4.78 is 9.56. The van der Waals surface area contributed by atoms with Gasteiger partial charge in [-0.3, -0.25) is 10.1 Å². The second kappa shape index (κ2) is 7.44. The predicted octanol–water partition coefficient (Wildman–Crippen LogP) is 2.22. The van der Waals surface area contributed by atoms with Crippen LogP contribution in [0.25, 0.3) is 0 Å². The molecule has 0 spiro atoms. The molecular weight excluding hydrogens is 264 g/mol. The summed E-state index contributed by atoms with van der Waals surface area (Å²) in [7, 11) is 2.85. The predicted molar refractivity (Wildman–Crippen MR) is 74.0 cm³/mol. The Labute approximate surface area is 117 Å². The molecule has 1 N–H and O–H groups in total. The third-order valence-electron chi connectivity index (χ3n) is 2.77. The van der Waals surface area contributed by atoms with Crippen molar-refractivity contribution in [3.63, 3.8) is 0 Å². The summed E-state index contributed by atoms with van der Waals surface area (Å²) in [4.78, 5) is 22.0. The summed E-state index contributed by atoms with van der Waals surface area (Å²) in [5.74, 6) is -0.535. The number of nitro groups is 1. The molecule has 0 aliphatic heterocycles. The first-order valence-electron chi connectivity index (χ1n) is 6.11. The minimum absolute atomic E-state index is 0.0263. The highest BCUT2D eigenvalue weighted by Crippen LogP contribution is 2.26. The number of hydrogen-bond donors (Lipinski definition) is 1. The van der Waals surface area contributed by atoms with Crippen molar-refractivity contribution in [3.05, 3.63) is 33.9 Å². The summed E-state index contributed by atoms with van der Waals surface area (Å²) in [6.45, 7) is 2.42. The Morgan fingerprint density at radius 2 is 2.15 bits per heavy atom.